The molecule has 6 nitrogen and oxygen atoms in total. The van der Waals surface area contributed by atoms with Gasteiger partial charge in [0, 0.05) is 32.7 Å². The number of hydrogen-bond donors (Lipinski definition) is 1. The van der Waals surface area contributed by atoms with Crippen LogP contribution in [0.2, 0.25) is 0 Å². The quantitative estimate of drug-likeness (QED) is 0.363. The Hall–Kier alpha value is -2.07. The number of rotatable bonds is 6. The van der Waals surface area contributed by atoms with Crippen LogP contribution in [0.25, 0.3) is 0 Å². The lowest BCUT2D eigenvalue weighted by molar-refractivity contribution is -0.0172. The standard InChI is InChI=1S/C21H26FN3O3.HI/c1-23-21(25(2)12-15-4-6-19(26-3)7-5-15)24-9-8-16-10-18(22)11-17-13-27-14-28-20(16)17;/h4-7,10-11H,8-9,12-14H2,1-3H3,(H,23,24);1H. The number of nitrogens with zero attached hydrogens (tertiary/aromatic N) is 2. The molecule has 0 amide bonds. The number of ether oxygens (including phenoxy) is 3. The van der Waals surface area contributed by atoms with Crippen molar-refractivity contribution >= 4 is 29.9 Å². The third-order valence-electron chi connectivity index (χ3n) is 4.58. The van der Waals surface area contributed by atoms with Crippen molar-refractivity contribution in [1.82, 2.24) is 10.2 Å². The molecular formula is C21H27FIN3O3. The average Bonchev–Trinajstić information content (AvgIpc) is 2.71. The molecule has 0 saturated carbocycles. The molecule has 2 aromatic rings. The van der Waals surface area contributed by atoms with Crippen LogP contribution in [0.1, 0.15) is 16.7 Å². The van der Waals surface area contributed by atoms with E-state index in [0.717, 1.165) is 34.1 Å². The van der Waals surface area contributed by atoms with Gasteiger partial charge >= 0.3 is 0 Å². The predicted octanol–water partition coefficient (Wildman–Crippen LogP) is 3.57. The molecule has 3 rings (SSSR count). The highest BCUT2D eigenvalue weighted by molar-refractivity contribution is 14.0. The molecule has 8 heteroatoms. The maximum absolute atomic E-state index is 13.9. The third kappa shape index (κ3) is 6.20. The number of nitrogens with one attached hydrogen (secondary N) is 1. The molecule has 0 spiro atoms. The van der Waals surface area contributed by atoms with E-state index in [-0.39, 0.29) is 36.6 Å². The fourth-order valence-corrected chi connectivity index (χ4v) is 3.22. The molecule has 0 aromatic heterocycles. The van der Waals surface area contributed by atoms with Gasteiger partial charge in [0.2, 0.25) is 0 Å². The van der Waals surface area contributed by atoms with Gasteiger partial charge in [0.25, 0.3) is 0 Å². The fraction of sp³-hybridized carbons (Fsp3) is 0.381. The Balaban J connectivity index is 0.00000300. The Bertz CT molecular complexity index is 831. The number of halogens is 2. The molecule has 2 aromatic carbocycles. The Kier molecular flexibility index (Phi) is 8.97. The summed E-state index contributed by atoms with van der Waals surface area (Å²) in [5.41, 5.74) is 2.74. The minimum Gasteiger partial charge on any atom is -0.497 e. The van der Waals surface area contributed by atoms with Gasteiger partial charge in [0.05, 0.1) is 13.7 Å². The zero-order chi connectivity index (χ0) is 19.9. The number of methoxy groups -OCH3 is 1. The molecule has 0 aliphatic carbocycles. The molecule has 1 aliphatic heterocycles. The largest absolute Gasteiger partial charge is 0.497 e. The summed E-state index contributed by atoms with van der Waals surface area (Å²) < 4.78 is 29.9. The van der Waals surface area contributed by atoms with Gasteiger partial charge < -0.3 is 24.4 Å². The highest BCUT2D eigenvalue weighted by atomic mass is 127. The summed E-state index contributed by atoms with van der Waals surface area (Å²) in [7, 11) is 5.38. The molecule has 0 atom stereocenters. The summed E-state index contributed by atoms with van der Waals surface area (Å²) >= 11 is 0. The first-order valence-electron chi connectivity index (χ1n) is 9.17. The van der Waals surface area contributed by atoms with Gasteiger partial charge in [-0.2, -0.15) is 0 Å². The molecule has 0 fully saturated rings. The van der Waals surface area contributed by atoms with Crippen LogP contribution in [0.15, 0.2) is 41.4 Å². The van der Waals surface area contributed by atoms with E-state index in [4.69, 9.17) is 14.2 Å². The first-order chi connectivity index (χ1) is 13.6. The Morgan fingerprint density at radius 3 is 2.72 bits per heavy atom. The first kappa shape index (κ1) is 23.2. The van der Waals surface area contributed by atoms with E-state index in [1.165, 1.54) is 12.1 Å². The van der Waals surface area contributed by atoms with Crippen LogP contribution < -0.4 is 14.8 Å². The average molecular weight is 515 g/mol. The van der Waals surface area contributed by atoms with Crippen molar-refractivity contribution < 1.29 is 18.6 Å². The molecule has 1 N–H and O–H groups in total. The zero-order valence-electron chi connectivity index (χ0n) is 16.9. The van der Waals surface area contributed by atoms with Crippen molar-refractivity contribution in [3.05, 3.63) is 58.9 Å². The monoisotopic (exact) mass is 515 g/mol. The van der Waals surface area contributed by atoms with E-state index in [1.54, 1.807) is 14.2 Å². The Morgan fingerprint density at radius 2 is 2.03 bits per heavy atom. The van der Waals surface area contributed by atoms with Crippen LogP contribution in [-0.2, 0) is 24.3 Å². The SMILES string of the molecule is CN=C(NCCc1cc(F)cc2c1OCOC2)N(C)Cc1ccc(OC)cc1.I. The second-order valence-electron chi connectivity index (χ2n) is 6.59. The minimum atomic E-state index is -0.274. The lowest BCUT2D eigenvalue weighted by Crippen LogP contribution is -2.39. The lowest BCUT2D eigenvalue weighted by atomic mass is 10.1. The Morgan fingerprint density at radius 1 is 1.28 bits per heavy atom. The number of hydrogen-bond acceptors (Lipinski definition) is 4. The smallest absolute Gasteiger partial charge is 0.193 e. The molecule has 0 radical (unpaired) electrons. The summed E-state index contributed by atoms with van der Waals surface area (Å²) in [4.78, 5) is 6.37. The maximum atomic E-state index is 13.9. The minimum absolute atomic E-state index is 0. The van der Waals surface area contributed by atoms with Crippen LogP contribution >= 0.6 is 24.0 Å². The summed E-state index contributed by atoms with van der Waals surface area (Å²) in [5, 5.41) is 3.33. The van der Waals surface area contributed by atoms with E-state index >= 15 is 0 Å². The first-order valence-corrected chi connectivity index (χ1v) is 9.17. The topological polar surface area (TPSA) is 55.3 Å². The van der Waals surface area contributed by atoms with Gasteiger partial charge in [0.1, 0.15) is 17.3 Å². The predicted molar refractivity (Wildman–Crippen MR) is 122 cm³/mol. The summed E-state index contributed by atoms with van der Waals surface area (Å²) in [6.45, 7) is 1.89. The van der Waals surface area contributed by atoms with Crippen molar-refractivity contribution in [2.75, 3.05) is 34.5 Å². The lowest BCUT2D eigenvalue weighted by Gasteiger charge is -2.23. The van der Waals surface area contributed by atoms with Crippen molar-refractivity contribution in [3.63, 3.8) is 0 Å². The highest BCUT2D eigenvalue weighted by Crippen LogP contribution is 2.29. The van der Waals surface area contributed by atoms with Gasteiger partial charge in [-0.1, -0.05) is 12.1 Å². The van der Waals surface area contributed by atoms with E-state index in [1.807, 2.05) is 36.2 Å². The van der Waals surface area contributed by atoms with Crippen LogP contribution in [-0.4, -0.2) is 45.4 Å². The van der Waals surface area contributed by atoms with Gasteiger partial charge in [0.15, 0.2) is 12.8 Å². The van der Waals surface area contributed by atoms with E-state index in [2.05, 4.69) is 10.3 Å². The van der Waals surface area contributed by atoms with Crippen molar-refractivity contribution in [2.45, 2.75) is 19.6 Å². The summed E-state index contributed by atoms with van der Waals surface area (Å²) in [6, 6.07) is 10.9. The molecule has 1 heterocycles. The van der Waals surface area contributed by atoms with Gasteiger partial charge in [-0.3, -0.25) is 4.99 Å². The number of fused-ring (bicyclic) bond motifs is 1. The fourth-order valence-electron chi connectivity index (χ4n) is 3.22. The van der Waals surface area contributed by atoms with Crippen LogP contribution in [0.4, 0.5) is 4.39 Å². The second kappa shape index (κ2) is 11.2. The van der Waals surface area contributed by atoms with E-state index in [9.17, 15) is 4.39 Å². The van der Waals surface area contributed by atoms with Crippen molar-refractivity contribution in [3.8, 4) is 11.5 Å². The molecular weight excluding hydrogens is 488 g/mol. The molecule has 1 aliphatic rings. The highest BCUT2D eigenvalue weighted by Gasteiger charge is 2.17. The maximum Gasteiger partial charge on any atom is 0.193 e. The second-order valence-corrected chi connectivity index (χ2v) is 6.59. The molecule has 29 heavy (non-hydrogen) atoms. The van der Waals surface area contributed by atoms with E-state index < -0.39 is 0 Å². The third-order valence-corrected chi connectivity index (χ3v) is 4.58. The van der Waals surface area contributed by atoms with E-state index in [0.29, 0.717) is 26.1 Å². The number of guanidine groups is 1. The number of benzene rings is 2. The van der Waals surface area contributed by atoms with Gasteiger partial charge in [-0.15, -0.1) is 24.0 Å². The van der Waals surface area contributed by atoms with Crippen LogP contribution in [0, 0.1) is 5.82 Å². The summed E-state index contributed by atoms with van der Waals surface area (Å²) in [5.74, 6) is 2.06. The van der Waals surface area contributed by atoms with Crippen LogP contribution in [0.5, 0.6) is 11.5 Å². The van der Waals surface area contributed by atoms with Crippen LogP contribution in [0.3, 0.4) is 0 Å². The molecule has 0 bridgehead atoms. The number of aliphatic imine (C=N–C) groups is 1. The van der Waals surface area contributed by atoms with Crippen molar-refractivity contribution in [1.29, 1.82) is 0 Å². The van der Waals surface area contributed by atoms with Gasteiger partial charge in [-0.05, 0) is 41.8 Å². The molecule has 0 saturated heterocycles. The molecule has 158 valence electrons. The Labute approximate surface area is 188 Å². The van der Waals surface area contributed by atoms with Gasteiger partial charge in [-0.25, -0.2) is 4.39 Å². The molecule has 0 unspecified atom stereocenters. The van der Waals surface area contributed by atoms with Crippen molar-refractivity contribution in [2.24, 2.45) is 4.99 Å². The summed E-state index contributed by atoms with van der Waals surface area (Å²) in [6.07, 6.45) is 0.621. The normalized spacial score (nSPS) is 13.0. The zero-order valence-corrected chi connectivity index (χ0v) is 19.2.